The highest BCUT2D eigenvalue weighted by molar-refractivity contribution is 5.88. The molecule has 0 unspecified atom stereocenters. The molecule has 0 saturated heterocycles. The highest BCUT2D eigenvalue weighted by Crippen LogP contribution is 2.36. The number of rotatable bonds is 9. The van der Waals surface area contributed by atoms with Crippen LogP contribution in [-0.4, -0.2) is 25.3 Å². The molecule has 0 fully saturated rings. The van der Waals surface area contributed by atoms with Crippen LogP contribution in [0.4, 0.5) is 4.39 Å². The van der Waals surface area contributed by atoms with Crippen molar-refractivity contribution >= 4 is 10.9 Å². The summed E-state index contributed by atoms with van der Waals surface area (Å²) in [4.78, 5) is 4.35. The highest BCUT2D eigenvalue weighted by Gasteiger charge is 2.15. The van der Waals surface area contributed by atoms with Gasteiger partial charge in [-0.05, 0) is 36.2 Å². The van der Waals surface area contributed by atoms with Crippen LogP contribution >= 0.6 is 0 Å². The smallest absolute Gasteiger partial charge is 0.166 e. The van der Waals surface area contributed by atoms with Gasteiger partial charge in [0.25, 0.3) is 0 Å². The minimum atomic E-state index is -0.519. The molecule has 0 aliphatic carbocycles. The lowest BCUT2D eigenvalue weighted by Crippen LogP contribution is -2.05. The van der Waals surface area contributed by atoms with Crippen LogP contribution < -0.4 is 14.2 Å². The van der Waals surface area contributed by atoms with Crippen LogP contribution in [0.15, 0.2) is 66.9 Å². The number of hydrogen-bond acceptors (Lipinski definition) is 6. The predicted octanol–water partition coefficient (Wildman–Crippen LogP) is 5.95. The van der Waals surface area contributed by atoms with E-state index in [9.17, 15) is 9.65 Å². The molecule has 4 aromatic rings. The van der Waals surface area contributed by atoms with E-state index in [1.807, 2.05) is 30.3 Å². The van der Waals surface area contributed by atoms with Gasteiger partial charge in [0.1, 0.15) is 36.5 Å². The average molecular weight is 458 g/mol. The van der Waals surface area contributed by atoms with E-state index < -0.39 is 5.82 Å². The first-order valence-electron chi connectivity index (χ1n) is 10.7. The zero-order chi connectivity index (χ0) is 23.9. The first kappa shape index (κ1) is 23.0. The fourth-order valence-electron chi connectivity index (χ4n) is 3.40. The number of pyridine rings is 1. The van der Waals surface area contributed by atoms with Crippen LogP contribution in [0.1, 0.15) is 16.7 Å². The Labute approximate surface area is 197 Å². The van der Waals surface area contributed by atoms with Gasteiger partial charge < -0.3 is 18.9 Å². The number of halogens is 1. The molecular formula is C27H23FN2O4. The van der Waals surface area contributed by atoms with E-state index in [0.29, 0.717) is 59.1 Å². The summed E-state index contributed by atoms with van der Waals surface area (Å²) in [7, 11) is 1.57. The molecule has 7 heteroatoms. The topological polar surface area (TPSA) is 73.6 Å². The van der Waals surface area contributed by atoms with Crippen molar-refractivity contribution in [3.05, 3.63) is 89.4 Å². The van der Waals surface area contributed by atoms with E-state index >= 15 is 0 Å². The average Bonchev–Trinajstić information content (AvgIpc) is 2.85. The minimum Gasteiger partial charge on any atom is -0.490 e. The van der Waals surface area contributed by atoms with Crippen molar-refractivity contribution in [1.29, 1.82) is 5.26 Å². The van der Waals surface area contributed by atoms with Crippen molar-refractivity contribution < 1.29 is 23.3 Å². The zero-order valence-electron chi connectivity index (χ0n) is 18.9. The lowest BCUT2D eigenvalue weighted by atomic mass is 10.1. The van der Waals surface area contributed by atoms with E-state index in [2.05, 4.69) is 11.1 Å². The number of fused-ring (bicyclic) bond motifs is 1. The molecule has 0 amide bonds. The number of aromatic nitrogens is 1. The second-order valence-corrected chi connectivity index (χ2v) is 7.55. The Morgan fingerprint density at radius 1 is 0.912 bits per heavy atom. The number of methoxy groups -OCH3 is 1. The quantitative estimate of drug-likeness (QED) is 0.289. The van der Waals surface area contributed by atoms with Crippen molar-refractivity contribution in [2.45, 2.75) is 13.5 Å². The van der Waals surface area contributed by atoms with Gasteiger partial charge in [0.2, 0.25) is 0 Å². The summed E-state index contributed by atoms with van der Waals surface area (Å²) < 4.78 is 37.3. The molecule has 1 aromatic heterocycles. The summed E-state index contributed by atoms with van der Waals surface area (Å²) in [6, 6.07) is 19.7. The molecule has 0 N–H and O–H groups in total. The van der Waals surface area contributed by atoms with E-state index in [1.54, 1.807) is 38.4 Å². The van der Waals surface area contributed by atoms with Crippen molar-refractivity contribution in [2.75, 3.05) is 20.3 Å². The molecular weight excluding hydrogens is 435 g/mol. The fraction of sp³-hybridized carbons (Fsp3) is 0.185. The van der Waals surface area contributed by atoms with E-state index in [0.717, 1.165) is 5.56 Å². The summed E-state index contributed by atoms with van der Waals surface area (Å²) in [5.74, 6) is 0.774. The molecule has 4 rings (SSSR count). The Morgan fingerprint density at radius 2 is 1.74 bits per heavy atom. The Kier molecular flexibility index (Phi) is 7.21. The molecule has 0 aliphatic heterocycles. The maximum Gasteiger partial charge on any atom is 0.166 e. The minimum absolute atomic E-state index is 0.0140. The predicted molar refractivity (Wildman–Crippen MR) is 126 cm³/mol. The molecule has 1 heterocycles. The van der Waals surface area contributed by atoms with Crippen molar-refractivity contribution in [3.63, 3.8) is 0 Å². The Hall–Kier alpha value is -4.15. The van der Waals surface area contributed by atoms with Gasteiger partial charge in [0, 0.05) is 30.8 Å². The molecule has 0 aliphatic rings. The van der Waals surface area contributed by atoms with Gasteiger partial charge >= 0.3 is 0 Å². The lowest BCUT2D eigenvalue weighted by molar-refractivity contribution is 0.146. The fourth-order valence-corrected chi connectivity index (χ4v) is 3.40. The van der Waals surface area contributed by atoms with Crippen LogP contribution in [0.2, 0.25) is 0 Å². The summed E-state index contributed by atoms with van der Waals surface area (Å²) in [6.07, 6.45) is 1.56. The lowest BCUT2D eigenvalue weighted by Gasteiger charge is -2.15. The van der Waals surface area contributed by atoms with Gasteiger partial charge in [-0.15, -0.1) is 0 Å². The second kappa shape index (κ2) is 10.6. The Morgan fingerprint density at radius 3 is 2.50 bits per heavy atom. The molecule has 0 atom stereocenters. The van der Waals surface area contributed by atoms with E-state index in [4.69, 9.17) is 18.9 Å². The largest absolute Gasteiger partial charge is 0.490 e. The van der Waals surface area contributed by atoms with Gasteiger partial charge in [-0.1, -0.05) is 30.3 Å². The maximum absolute atomic E-state index is 14.8. The van der Waals surface area contributed by atoms with E-state index in [1.165, 1.54) is 12.1 Å². The first-order valence-corrected chi connectivity index (χ1v) is 10.7. The van der Waals surface area contributed by atoms with Gasteiger partial charge in [0.05, 0.1) is 17.7 Å². The van der Waals surface area contributed by atoms with Crippen LogP contribution in [0, 0.1) is 24.1 Å². The number of aryl methyl sites for hydroxylation is 1. The third-order valence-corrected chi connectivity index (χ3v) is 5.15. The van der Waals surface area contributed by atoms with Gasteiger partial charge in [0.15, 0.2) is 11.6 Å². The monoisotopic (exact) mass is 458 g/mol. The number of hydrogen-bond donors (Lipinski definition) is 0. The zero-order valence-corrected chi connectivity index (χ0v) is 18.9. The molecule has 172 valence electrons. The molecule has 0 spiro atoms. The number of nitriles is 1. The molecule has 6 nitrogen and oxygen atoms in total. The van der Waals surface area contributed by atoms with Crippen molar-refractivity contribution in [2.24, 2.45) is 0 Å². The summed E-state index contributed by atoms with van der Waals surface area (Å²) in [6.45, 7) is 2.82. The van der Waals surface area contributed by atoms with Crippen molar-refractivity contribution in [3.8, 4) is 29.1 Å². The SMILES string of the molecule is COCCOc1cc2nccc(Oc3cc(OCc4ccccc4)c(C)cc3F)c2cc1C#N. The van der Waals surface area contributed by atoms with Crippen LogP contribution in [0.25, 0.3) is 10.9 Å². The molecule has 0 radical (unpaired) electrons. The Bertz CT molecular complexity index is 1340. The molecule has 0 bridgehead atoms. The Balaban J connectivity index is 1.63. The summed E-state index contributed by atoms with van der Waals surface area (Å²) in [5.41, 5.74) is 2.53. The van der Waals surface area contributed by atoms with Crippen LogP contribution in [0.5, 0.6) is 23.0 Å². The maximum atomic E-state index is 14.8. The number of nitrogens with zero attached hydrogens (tertiary/aromatic N) is 2. The van der Waals surface area contributed by atoms with Gasteiger partial charge in [-0.25, -0.2) is 4.39 Å². The third kappa shape index (κ3) is 5.25. The summed E-state index contributed by atoms with van der Waals surface area (Å²) >= 11 is 0. The third-order valence-electron chi connectivity index (χ3n) is 5.15. The van der Waals surface area contributed by atoms with Gasteiger partial charge in [-0.3, -0.25) is 4.98 Å². The number of benzene rings is 3. The molecule has 34 heavy (non-hydrogen) atoms. The van der Waals surface area contributed by atoms with Crippen LogP contribution in [-0.2, 0) is 11.3 Å². The summed E-state index contributed by atoms with van der Waals surface area (Å²) in [5, 5.41) is 10.1. The number of ether oxygens (including phenoxy) is 4. The normalized spacial score (nSPS) is 10.6. The second-order valence-electron chi connectivity index (χ2n) is 7.55. The van der Waals surface area contributed by atoms with Crippen LogP contribution in [0.3, 0.4) is 0 Å². The first-order chi connectivity index (χ1) is 16.6. The molecule has 0 saturated carbocycles. The standard InChI is InChI=1S/C27H23FN2O4/c1-18-12-22(28)27(15-25(18)33-17-19-6-4-3-5-7-19)34-24-8-9-30-23-14-26(32-11-10-31-2)20(16-29)13-21(23)24/h3-9,12-15H,10-11,17H2,1-2H3. The highest BCUT2D eigenvalue weighted by atomic mass is 19.1. The van der Waals surface area contributed by atoms with Gasteiger partial charge in [-0.2, -0.15) is 5.26 Å². The molecule has 3 aromatic carbocycles. The van der Waals surface area contributed by atoms with E-state index in [-0.39, 0.29) is 5.75 Å². The van der Waals surface area contributed by atoms with Crippen molar-refractivity contribution in [1.82, 2.24) is 4.98 Å².